The molecule has 0 bridgehead atoms. The highest BCUT2D eigenvalue weighted by Crippen LogP contribution is 2.23. The first-order valence-electron chi connectivity index (χ1n) is 8.43. The monoisotopic (exact) mass is 325 g/mol. The summed E-state index contributed by atoms with van der Waals surface area (Å²) in [4.78, 5) is 9.29. The highest BCUT2D eigenvalue weighted by molar-refractivity contribution is 5.53. The summed E-state index contributed by atoms with van der Waals surface area (Å²) in [7, 11) is 0. The van der Waals surface area contributed by atoms with Crippen molar-refractivity contribution in [3.63, 3.8) is 0 Å². The minimum absolute atomic E-state index is 0.100. The normalized spacial score (nSPS) is 18.9. The minimum Gasteiger partial charge on any atom is -0.337 e. The predicted octanol–water partition coefficient (Wildman–Crippen LogP) is 2.72. The van der Waals surface area contributed by atoms with Crippen molar-refractivity contribution in [3.8, 4) is 17.5 Å². The Bertz CT molecular complexity index is 685. The summed E-state index contributed by atoms with van der Waals surface area (Å²) >= 11 is 0. The maximum absolute atomic E-state index is 8.84. The van der Waals surface area contributed by atoms with Crippen LogP contribution in [0.5, 0.6) is 0 Å². The van der Waals surface area contributed by atoms with Crippen LogP contribution in [0.1, 0.15) is 32.2 Å². The molecule has 1 aromatic carbocycles. The first kappa shape index (κ1) is 16.6. The molecule has 126 valence electrons. The van der Waals surface area contributed by atoms with Crippen LogP contribution < -0.4 is 0 Å². The topological polar surface area (TPSA) is 69.2 Å². The van der Waals surface area contributed by atoms with Crippen LogP contribution in [0, 0.1) is 11.3 Å². The molecular weight excluding hydrogens is 302 g/mol. The highest BCUT2D eigenvalue weighted by atomic mass is 16.5. The van der Waals surface area contributed by atoms with Crippen LogP contribution in [0.4, 0.5) is 0 Å². The number of nitrogens with zero attached hydrogens (tertiary/aromatic N) is 5. The van der Waals surface area contributed by atoms with E-state index >= 15 is 0 Å². The Morgan fingerprint density at radius 2 is 1.79 bits per heavy atom. The van der Waals surface area contributed by atoms with E-state index in [0.29, 0.717) is 24.2 Å². The molecule has 2 heterocycles. The Balaban J connectivity index is 1.61. The van der Waals surface area contributed by atoms with Crippen molar-refractivity contribution < 1.29 is 4.52 Å². The summed E-state index contributed by atoms with van der Waals surface area (Å²) in [6, 6.07) is 12.5. The summed E-state index contributed by atoms with van der Waals surface area (Å²) in [6.45, 7) is 8.04. The zero-order valence-electron chi connectivity index (χ0n) is 14.2. The number of hydrogen-bond acceptors (Lipinski definition) is 6. The Morgan fingerprint density at radius 3 is 2.46 bits per heavy atom. The second-order valence-corrected chi connectivity index (χ2v) is 6.28. The Hall–Kier alpha value is -2.23. The molecule has 1 aliphatic heterocycles. The van der Waals surface area contributed by atoms with Gasteiger partial charge >= 0.3 is 0 Å². The molecule has 24 heavy (non-hydrogen) atoms. The number of hydrogen-bond donors (Lipinski definition) is 0. The molecule has 3 rings (SSSR count). The smallest absolute Gasteiger partial charge is 0.244 e. The van der Waals surface area contributed by atoms with E-state index in [4.69, 9.17) is 9.78 Å². The van der Waals surface area contributed by atoms with Gasteiger partial charge in [0.05, 0.1) is 18.5 Å². The van der Waals surface area contributed by atoms with E-state index in [1.165, 1.54) is 0 Å². The van der Waals surface area contributed by atoms with Crippen LogP contribution in [0.2, 0.25) is 0 Å². The van der Waals surface area contributed by atoms with E-state index in [0.717, 1.165) is 31.7 Å². The third kappa shape index (κ3) is 3.64. The van der Waals surface area contributed by atoms with Gasteiger partial charge < -0.3 is 4.52 Å². The predicted molar refractivity (Wildman–Crippen MR) is 91.0 cm³/mol. The molecule has 0 saturated carbocycles. The molecular formula is C18H23N5O. The maximum atomic E-state index is 8.84. The number of nitriles is 1. The van der Waals surface area contributed by atoms with Crippen LogP contribution in [-0.2, 0) is 0 Å². The van der Waals surface area contributed by atoms with E-state index in [9.17, 15) is 0 Å². The second-order valence-electron chi connectivity index (χ2n) is 6.28. The average molecular weight is 325 g/mol. The molecule has 1 aromatic heterocycles. The van der Waals surface area contributed by atoms with Crippen molar-refractivity contribution >= 4 is 0 Å². The van der Waals surface area contributed by atoms with Gasteiger partial charge in [0.25, 0.3) is 0 Å². The Labute approximate surface area is 142 Å². The van der Waals surface area contributed by atoms with Crippen LogP contribution >= 0.6 is 0 Å². The van der Waals surface area contributed by atoms with Crippen molar-refractivity contribution in [2.75, 3.05) is 26.2 Å². The first-order valence-corrected chi connectivity index (χ1v) is 8.43. The number of piperazine rings is 1. The summed E-state index contributed by atoms with van der Waals surface area (Å²) in [5, 5.41) is 12.9. The molecule has 1 aliphatic rings. The van der Waals surface area contributed by atoms with Crippen LogP contribution in [0.15, 0.2) is 34.9 Å². The van der Waals surface area contributed by atoms with Crippen molar-refractivity contribution in [1.29, 1.82) is 5.26 Å². The molecule has 0 aliphatic carbocycles. The zero-order chi connectivity index (χ0) is 16.9. The second kappa shape index (κ2) is 7.56. The van der Waals surface area contributed by atoms with Gasteiger partial charge in [0.15, 0.2) is 0 Å². The van der Waals surface area contributed by atoms with Crippen LogP contribution in [0.3, 0.4) is 0 Å². The molecule has 2 atom stereocenters. The van der Waals surface area contributed by atoms with E-state index in [2.05, 4.69) is 39.9 Å². The standard InChI is InChI=1S/C18H23N5O/c1-14(8-9-19)22-10-12-23(13-11-22)15(2)18-20-17(21-24-18)16-6-4-3-5-7-16/h3-7,14-15H,8,10-13H2,1-2H3/t14-,15-/m1/s1. The molecule has 6 nitrogen and oxygen atoms in total. The summed E-state index contributed by atoms with van der Waals surface area (Å²) < 4.78 is 5.49. The van der Waals surface area contributed by atoms with Gasteiger partial charge in [0.1, 0.15) is 0 Å². The number of benzene rings is 1. The molecule has 0 spiro atoms. The van der Waals surface area contributed by atoms with Crippen LogP contribution in [-0.4, -0.2) is 52.2 Å². The van der Waals surface area contributed by atoms with E-state index in [1.54, 1.807) is 0 Å². The van der Waals surface area contributed by atoms with Crippen molar-refractivity contribution in [3.05, 3.63) is 36.2 Å². The number of rotatable bonds is 5. The van der Waals surface area contributed by atoms with Gasteiger partial charge in [-0.25, -0.2) is 0 Å². The third-order valence-corrected chi connectivity index (χ3v) is 4.74. The van der Waals surface area contributed by atoms with Crippen molar-refractivity contribution in [1.82, 2.24) is 19.9 Å². The van der Waals surface area contributed by atoms with E-state index < -0.39 is 0 Å². The van der Waals surface area contributed by atoms with Gasteiger partial charge in [-0.05, 0) is 13.8 Å². The zero-order valence-corrected chi connectivity index (χ0v) is 14.2. The lowest BCUT2D eigenvalue weighted by molar-refractivity contribution is 0.0690. The van der Waals surface area contributed by atoms with Crippen LogP contribution in [0.25, 0.3) is 11.4 Å². The average Bonchev–Trinajstić information content (AvgIpc) is 3.12. The van der Waals surface area contributed by atoms with E-state index in [1.807, 2.05) is 30.3 Å². The third-order valence-electron chi connectivity index (χ3n) is 4.74. The van der Waals surface area contributed by atoms with Gasteiger partial charge in [-0.3, -0.25) is 9.80 Å². The minimum atomic E-state index is 0.100. The first-order chi connectivity index (χ1) is 11.7. The van der Waals surface area contributed by atoms with E-state index in [-0.39, 0.29) is 6.04 Å². The molecule has 6 heteroatoms. The highest BCUT2D eigenvalue weighted by Gasteiger charge is 2.27. The molecule has 0 N–H and O–H groups in total. The summed E-state index contributed by atoms with van der Waals surface area (Å²) in [6.07, 6.45) is 0.583. The van der Waals surface area contributed by atoms with Gasteiger partial charge in [0.2, 0.25) is 11.7 Å². The SMILES string of the molecule is C[C@H](CC#N)N1CCN([C@H](C)c2nc(-c3ccccc3)no2)CC1. The lowest BCUT2D eigenvalue weighted by Gasteiger charge is -2.39. The summed E-state index contributed by atoms with van der Waals surface area (Å²) in [5.41, 5.74) is 0.967. The van der Waals surface area contributed by atoms with Gasteiger partial charge in [-0.2, -0.15) is 10.2 Å². The molecule has 0 amide bonds. The van der Waals surface area contributed by atoms with Crippen molar-refractivity contribution in [2.45, 2.75) is 32.4 Å². The molecule has 0 radical (unpaired) electrons. The quantitative estimate of drug-likeness (QED) is 0.842. The summed E-state index contributed by atoms with van der Waals surface area (Å²) in [5.74, 6) is 1.30. The van der Waals surface area contributed by atoms with Gasteiger partial charge in [0, 0.05) is 37.8 Å². The molecule has 1 fully saturated rings. The largest absolute Gasteiger partial charge is 0.337 e. The fourth-order valence-corrected chi connectivity index (χ4v) is 3.09. The lowest BCUT2D eigenvalue weighted by Crippen LogP contribution is -2.50. The maximum Gasteiger partial charge on any atom is 0.244 e. The Kier molecular flexibility index (Phi) is 5.24. The fraction of sp³-hybridized carbons (Fsp3) is 0.500. The molecule has 1 saturated heterocycles. The molecule has 2 aromatic rings. The lowest BCUT2D eigenvalue weighted by atomic mass is 10.1. The van der Waals surface area contributed by atoms with Gasteiger partial charge in [-0.15, -0.1) is 0 Å². The Morgan fingerprint density at radius 1 is 1.12 bits per heavy atom. The molecule has 0 unspecified atom stereocenters. The fourth-order valence-electron chi connectivity index (χ4n) is 3.09. The van der Waals surface area contributed by atoms with Crippen molar-refractivity contribution in [2.24, 2.45) is 0 Å². The number of aromatic nitrogens is 2. The van der Waals surface area contributed by atoms with Gasteiger partial charge in [-0.1, -0.05) is 35.5 Å².